The van der Waals surface area contributed by atoms with E-state index in [0.717, 1.165) is 18.7 Å². The SMILES string of the molecule is CS(=O)(=O)c1cccc(Oc2ccc(NC(=O)CNCC3CC3)cc2)c1.Cl. The molecular formula is C19H23ClN2O4S. The zero-order valence-corrected chi connectivity index (χ0v) is 16.6. The lowest BCUT2D eigenvalue weighted by Gasteiger charge is -2.09. The first-order valence-corrected chi connectivity index (χ1v) is 10.4. The van der Waals surface area contributed by atoms with Crippen LogP contribution in [-0.2, 0) is 14.6 Å². The topological polar surface area (TPSA) is 84.5 Å². The lowest BCUT2D eigenvalue weighted by Crippen LogP contribution is -2.29. The number of carbonyl (C=O) groups excluding carboxylic acids is 1. The molecule has 1 fully saturated rings. The number of ether oxygens (including phenoxy) is 1. The van der Waals surface area contributed by atoms with Gasteiger partial charge in [-0.2, -0.15) is 0 Å². The number of anilines is 1. The van der Waals surface area contributed by atoms with Crippen LogP contribution in [0, 0.1) is 5.92 Å². The summed E-state index contributed by atoms with van der Waals surface area (Å²) in [7, 11) is -3.28. The molecule has 0 bridgehead atoms. The number of carbonyl (C=O) groups is 1. The zero-order chi connectivity index (χ0) is 18.6. The minimum atomic E-state index is -3.28. The van der Waals surface area contributed by atoms with Crippen LogP contribution < -0.4 is 15.4 Å². The van der Waals surface area contributed by atoms with Gasteiger partial charge in [-0.3, -0.25) is 4.79 Å². The summed E-state index contributed by atoms with van der Waals surface area (Å²) in [4.78, 5) is 12.1. The number of hydrogen-bond acceptors (Lipinski definition) is 5. The number of nitrogens with one attached hydrogen (secondary N) is 2. The Morgan fingerprint density at radius 2 is 1.81 bits per heavy atom. The second-order valence-electron chi connectivity index (χ2n) is 6.50. The Morgan fingerprint density at radius 3 is 2.44 bits per heavy atom. The van der Waals surface area contributed by atoms with Gasteiger partial charge < -0.3 is 15.4 Å². The number of amides is 1. The fourth-order valence-corrected chi connectivity index (χ4v) is 3.08. The van der Waals surface area contributed by atoms with Crippen molar-refractivity contribution in [2.24, 2.45) is 5.92 Å². The number of hydrogen-bond donors (Lipinski definition) is 2. The second kappa shape index (κ2) is 9.21. The molecule has 8 heteroatoms. The second-order valence-corrected chi connectivity index (χ2v) is 8.51. The predicted molar refractivity (Wildman–Crippen MR) is 108 cm³/mol. The van der Waals surface area contributed by atoms with Crippen molar-refractivity contribution in [3.8, 4) is 11.5 Å². The first kappa shape index (κ1) is 21.2. The van der Waals surface area contributed by atoms with Crippen LogP contribution in [0.5, 0.6) is 11.5 Å². The van der Waals surface area contributed by atoms with E-state index in [4.69, 9.17) is 4.74 Å². The molecule has 1 saturated carbocycles. The average molecular weight is 411 g/mol. The fraction of sp³-hybridized carbons (Fsp3) is 0.316. The van der Waals surface area contributed by atoms with Gasteiger partial charge >= 0.3 is 0 Å². The Kier molecular flexibility index (Phi) is 7.24. The largest absolute Gasteiger partial charge is 0.457 e. The van der Waals surface area contributed by atoms with E-state index in [0.29, 0.717) is 23.7 Å². The van der Waals surface area contributed by atoms with Crippen LogP contribution in [0.3, 0.4) is 0 Å². The summed E-state index contributed by atoms with van der Waals surface area (Å²) in [5.41, 5.74) is 0.681. The van der Waals surface area contributed by atoms with Gasteiger partial charge in [-0.25, -0.2) is 8.42 Å². The summed E-state index contributed by atoms with van der Waals surface area (Å²) in [5.74, 6) is 1.65. The summed E-state index contributed by atoms with van der Waals surface area (Å²) in [6.45, 7) is 1.19. The number of halogens is 1. The molecule has 0 saturated heterocycles. The van der Waals surface area contributed by atoms with Crippen molar-refractivity contribution in [1.82, 2.24) is 5.32 Å². The number of benzene rings is 2. The van der Waals surface area contributed by atoms with Crippen molar-refractivity contribution in [3.63, 3.8) is 0 Å². The smallest absolute Gasteiger partial charge is 0.238 e. The first-order chi connectivity index (χ1) is 12.4. The molecule has 0 spiro atoms. The molecule has 2 N–H and O–H groups in total. The predicted octanol–water partition coefficient (Wildman–Crippen LogP) is 3.24. The van der Waals surface area contributed by atoms with Crippen LogP contribution in [0.1, 0.15) is 12.8 Å². The van der Waals surface area contributed by atoms with Gasteiger partial charge in [0.25, 0.3) is 0 Å². The van der Waals surface area contributed by atoms with E-state index >= 15 is 0 Å². The maximum absolute atomic E-state index is 11.9. The average Bonchev–Trinajstić information content (AvgIpc) is 3.40. The minimum Gasteiger partial charge on any atom is -0.457 e. The van der Waals surface area contributed by atoms with Crippen LogP contribution in [-0.4, -0.2) is 33.7 Å². The van der Waals surface area contributed by atoms with Gasteiger partial charge in [-0.05, 0) is 67.8 Å². The van der Waals surface area contributed by atoms with Crippen molar-refractivity contribution in [2.45, 2.75) is 17.7 Å². The Morgan fingerprint density at radius 1 is 1.11 bits per heavy atom. The highest BCUT2D eigenvalue weighted by Gasteiger charge is 2.20. The molecule has 2 aromatic rings. The minimum absolute atomic E-state index is 0. The van der Waals surface area contributed by atoms with Crippen LogP contribution >= 0.6 is 12.4 Å². The Balaban J connectivity index is 0.00000261. The van der Waals surface area contributed by atoms with E-state index < -0.39 is 9.84 Å². The van der Waals surface area contributed by atoms with E-state index in [1.165, 1.54) is 25.0 Å². The zero-order valence-electron chi connectivity index (χ0n) is 15.0. The van der Waals surface area contributed by atoms with Gasteiger partial charge in [0.05, 0.1) is 11.4 Å². The summed E-state index contributed by atoms with van der Waals surface area (Å²) in [5, 5.41) is 5.96. The van der Waals surface area contributed by atoms with Crippen LogP contribution in [0.15, 0.2) is 53.4 Å². The molecule has 27 heavy (non-hydrogen) atoms. The molecular weight excluding hydrogens is 388 g/mol. The molecule has 6 nitrogen and oxygen atoms in total. The molecule has 0 unspecified atom stereocenters. The van der Waals surface area contributed by atoms with Gasteiger partial charge in [0.15, 0.2) is 9.84 Å². The van der Waals surface area contributed by atoms with Gasteiger partial charge in [-0.15, -0.1) is 12.4 Å². The standard InChI is InChI=1S/C19H22N2O4S.ClH/c1-26(23,24)18-4-2-3-17(11-18)25-16-9-7-15(8-10-16)21-19(22)13-20-12-14-5-6-14;/h2-4,7-11,14,20H,5-6,12-13H2,1H3,(H,21,22);1H. The highest BCUT2D eigenvalue weighted by atomic mass is 35.5. The number of sulfone groups is 1. The highest BCUT2D eigenvalue weighted by molar-refractivity contribution is 7.90. The molecule has 1 aliphatic carbocycles. The molecule has 146 valence electrons. The van der Waals surface area contributed by atoms with E-state index in [2.05, 4.69) is 10.6 Å². The summed E-state index contributed by atoms with van der Waals surface area (Å²) in [6.07, 6.45) is 3.66. The molecule has 2 aromatic carbocycles. The monoisotopic (exact) mass is 410 g/mol. The molecule has 0 aromatic heterocycles. The number of rotatable bonds is 8. The quantitative estimate of drug-likeness (QED) is 0.697. The first-order valence-electron chi connectivity index (χ1n) is 8.49. The molecule has 0 heterocycles. The van der Waals surface area contributed by atoms with E-state index in [1.807, 2.05) is 0 Å². The third kappa shape index (κ3) is 6.86. The maximum Gasteiger partial charge on any atom is 0.238 e. The van der Waals surface area contributed by atoms with Crippen molar-refractivity contribution in [1.29, 1.82) is 0 Å². The molecule has 3 rings (SSSR count). The molecule has 0 atom stereocenters. The summed E-state index contributed by atoms with van der Waals surface area (Å²) in [6, 6.07) is 13.3. The van der Waals surface area contributed by atoms with Crippen molar-refractivity contribution in [3.05, 3.63) is 48.5 Å². The van der Waals surface area contributed by atoms with Crippen LogP contribution in [0.2, 0.25) is 0 Å². The molecule has 0 radical (unpaired) electrons. The summed E-state index contributed by atoms with van der Waals surface area (Å²) >= 11 is 0. The van der Waals surface area contributed by atoms with Crippen LogP contribution in [0.4, 0.5) is 5.69 Å². The van der Waals surface area contributed by atoms with Gasteiger partial charge in [-0.1, -0.05) is 6.07 Å². The van der Waals surface area contributed by atoms with Crippen molar-refractivity contribution < 1.29 is 17.9 Å². The third-order valence-corrected chi connectivity index (χ3v) is 5.13. The van der Waals surface area contributed by atoms with E-state index in [9.17, 15) is 13.2 Å². The van der Waals surface area contributed by atoms with Gasteiger partial charge in [0, 0.05) is 11.9 Å². The Labute approximate surface area is 165 Å². The van der Waals surface area contributed by atoms with Gasteiger partial charge in [0.2, 0.25) is 5.91 Å². The van der Waals surface area contributed by atoms with Gasteiger partial charge in [0.1, 0.15) is 11.5 Å². The maximum atomic E-state index is 11.9. The normalized spacial score (nSPS) is 13.5. The Bertz CT molecular complexity index is 881. The third-order valence-electron chi connectivity index (χ3n) is 4.02. The summed E-state index contributed by atoms with van der Waals surface area (Å²) < 4.78 is 28.9. The molecule has 0 aliphatic heterocycles. The van der Waals surface area contributed by atoms with Crippen molar-refractivity contribution >= 4 is 33.8 Å². The lowest BCUT2D eigenvalue weighted by molar-refractivity contribution is -0.115. The lowest BCUT2D eigenvalue weighted by atomic mass is 10.3. The highest BCUT2D eigenvalue weighted by Crippen LogP contribution is 2.27. The van der Waals surface area contributed by atoms with Crippen LogP contribution in [0.25, 0.3) is 0 Å². The van der Waals surface area contributed by atoms with E-state index in [-0.39, 0.29) is 23.2 Å². The molecule has 1 amide bonds. The fourth-order valence-electron chi connectivity index (χ4n) is 2.43. The molecule has 1 aliphatic rings. The van der Waals surface area contributed by atoms with E-state index in [1.54, 1.807) is 36.4 Å². The Hall–Kier alpha value is -2.09. The van der Waals surface area contributed by atoms with Crippen molar-refractivity contribution in [2.75, 3.05) is 24.7 Å².